The van der Waals surface area contributed by atoms with Crippen LogP contribution in [0.1, 0.15) is 24.8 Å². The molecule has 3 atom stereocenters. The molecule has 1 aliphatic heterocycles. The summed E-state index contributed by atoms with van der Waals surface area (Å²) in [6, 6.07) is 15.2. The van der Waals surface area contributed by atoms with Crippen molar-refractivity contribution in [2.45, 2.75) is 49.0 Å². The largest absolute Gasteiger partial charge is 0.497 e. The van der Waals surface area contributed by atoms with Crippen molar-refractivity contribution in [1.82, 2.24) is 10.0 Å². The summed E-state index contributed by atoms with van der Waals surface area (Å²) in [6.07, 6.45) is -0.0174. The second-order valence-corrected chi connectivity index (χ2v) is 9.14. The average molecular weight is 449 g/mol. The van der Waals surface area contributed by atoms with Crippen LogP contribution in [0.2, 0.25) is 0 Å². The summed E-state index contributed by atoms with van der Waals surface area (Å²) in [5.41, 5.74) is 1.00. The van der Waals surface area contributed by atoms with E-state index in [-0.39, 0.29) is 29.9 Å². The number of carbonyl (C=O) groups excluding carboxylic acids is 1. The molecule has 0 bridgehead atoms. The van der Waals surface area contributed by atoms with E-state index >= 15 is 0 Å². The predicted molar refractivity (Wildman–Crippen MR) is 115 cm³/mol. The zero-order valence-electron chi connectivity index (χ0n) is 17.4. The lowest BCUT2D eigenvalue weighted by atomic mass is 9.98. The molecule has 1 fully saturated rings. The van der Waals surface area contributed by atoms with Crippen molar-refractivity contribution in [3.63, 3.8) is 0 Å². The molecule has 2 aromatic carbocycles. The smallest absolute Gasteiger partial charge is 0.241 e. The van der Waals surface area contributed by atoms with Crippen LogP contribution in [0, 0.1) is 0 Å². The predicted octanol–water partition coefficient (Wildman–Crippen LogP) is 1.59. The second-order valence-electron chi connectivity index (χ2n) is 7.43. The molecule has 8 nitrogen and oxygen atoms in total. The van der Waals surface area contributed by atoms with Gasteiger partial charge >= 0.3 is 0 Å². The topological polar surface area (TPSA) is 114 Å². The molecule has 31 heavy (non-hydrogen) atoms. The molecule has 0 radical (unpaired) electrons. The molecule has 1 amide bonds. The van der Waals surface area contributed by atoms with Crippen LogP contribution in [-0.4, -0.2) is 51.4 Å². The maximum atomic E-state index is 12.7. The van der Waals surface area contributed by atoms with Crippen LogP contribution in [0.4, 0.5) is 0 Å². The SMILES string of the molecule is COc1cccc(S(=O)(=O)N[C@@H]2CC[C@@H](CC(=O)NCc3ccccc3)O[C@@H]2CO)c1. The third-order valence-corrected chi connectivity index (χ3v) is 6.69. The third kappa shape index (κ3) is 6.51. The first kappa shape index (κ1) is 23.2. The summed E-state index contributed by atoms with van der Waals surface area (Å²) in [5.74, 6) is 0.281. The molecule has 168 valence electrons. The van der Waals surface area contributed by atoms with Gasteiger partial charge in [-0.3, -0.25) is 4.79 Å². The van der Waals surface area contributed by atoms with Gasteiger partial charge in [-0.2, -0.15) is 0 Å². The monoisotopic (exact) mass is 448 g/mol. The van der Waals surface area contributed by atoms with Gasteiger partial charge in [-0.05, 0) is 30.5 Å². The Labute approximate surface area is 182 Å². The molecule has 2 aromatic rings. The number of hydrogen-bond acceptors (Lipinski definition) is 6. The van der Waals surface area contributed by atoms with Crippen molar-refractivity contribution < 1.29 is 27.8 Å². The van der Waals surface area contributed by atoms with Crippen LogP contribution >= 0.6 is 0 Å². The minimum Gasteiger partial charge on any atom is -0.497 e. The van der Waals surface area contributed by atoms with E-state index in [1.54, 1.807) is 12.1 Å². The Morgan fingerprint density at radius 1 is 1.16 bits per heavy atom. The van der Waals surface area contributed by atoms with Crippen LogP contribution in [-0.2, 0) is 26.1 Å². The van der Waals surface area contributed by atoms with E-state index in [1.165, 1.54) is 19.2 Å². The molecule has 9 heteroatoms. The third-order valence-electron chi connectivity index (χ3n) is 5.20. The van der Waals surface area contributed by atoms with Gasteiger partial charge in [0.05, 0.1) is 43.3 Å². The first-order valence-corrected chi connectivity index (χ1v) is 11.6. The summed E-state index contributed by atoms with van der Waals surface area (Å²) >= 11 is 0. The molecule has 3 rings (SSSR count). The van der Waals surface area contributed by atoms with Gasteiger partial charge in [0, 0.05) is 12.6 Å². The highest BCUT2D eigenvalue weighted by molar-refractivity contribution is 7.89. The summed E-state index contributed by atoms with van der Waals surface area (Å²) in [7, 11) is -2.35. The Morgan fingerprint density at radius 3 is 2.65 bits per heavy atom. The van der Waals surface area contributed by atoms with E-state index < -0.39 is 22.2 Å². The number of rotatable bonds is 9. The number of aliphatic hydroxyl groups excluding tert-OH is 1. The Bertz CT molecular complexity index is 967. The number of benzene rings is 2. The van der Waals surface area contributed by atoms with Gasteiger partial charge in [0.15, 0.2) is 0 Å². The van der Waals surface area contributed by atoms with Crippen molar-refractivity contribution in [2.75, 3.05) is 13.7 Å². The molecule has 0 aromatic heterocycles. The summed E-state index contributed by atoms with van der Waals surface area (Å²) in [6.45, 7) is 0.0756. The normalized spacial score (nSPS) is 21.4. The highest BCUT2D eigenvalue weighted by atomic mass is 32.2. The molecule has 1 saturated heterocycles. The number of hydrogen-bond donors (Lipinski definition) is 3. The fourth-order valence-corrected chi connectivity index (χ4v) is 4.86. The molecular weight excluding hydrogens is 420 g/mol. The fourth-order valence-electron chi connectivity index (χ4n) is 3.53. The molecule has 0 spiro atoms. The Kier molecular flexibility index (Phi) is 8.03. The van der Waals surface area contributed by atoms with Crippen molar-refractivity contribution in [1.29, 1.82) is 0 Å². The minimum absolute atomic E-state index is 0.0750. The van der Waals surface area contributed by atoms with Gasteiger partial charge in [-0.1, -0.05) is 36.4 Å². The van der Waals surface area contributed by atoms with E-state index in [1.807, 2.05) is 30.3 Å². The summed E-state index contributed by atoms with van der Waals surface area (Å²) in [4.78, 5) is 12.3. The number of aliphatic hydroxyl groups is 1. The highest BCUT2D eigenvalue weighted by Gasteiger charge is 2.34. The fraction of sp³-hybridized carbons (Fsp3) is 0.409. The zero-order valence-corrected chi connectivity index (χ0v) is 18.2. The summed E-state index contributed by atoms with van der Waals surface area (Å²) < 4.78 is 39.0. The number of sulfonamides is 1. The number of carbonyl (C=O) groups is 1. The zero-order chi connectivity index (χ0) is 22.3. The second kappa shape index (κ2) is 10.7. The minimum atomic E-state index is -3.82. The number of nitrogens with one attached hydrogen (secondary N) is 2. The lowest BCUT2D eigenvalue weighted by molar-refractivity contribution is -0.130. The number of methoxy groups -OCH3 is 1. The van der Waals surface area contributed by atoms with Crippen LogP contribution < -0.4 is 14.8 Å². The molecular formula is C22H28N2O6S. The van der Waals surface area contributed by atoms with Crippen molar-refractivity contribution in [3.05, 3.63) is 60.2 Å². The molecule has 0 aliphatic carbocycles. The van der Waals surface area contributed by atoms with E-state index in [4.69, 9.17) is 9.47 Å². The molecule has 1 heterocycles. The Balaban J connectivity index is 1.54. The number of amides is 1. The van der Waals surface area contributed by atoms with E-state index in [2.05, 4.69) is 10.0 Å². The lowest BCUT2D eigenvalue weighted by Crippen LogP contribution is -2.51. The Morgan fingerprint density at radius 2 is 1.94 bits per heavy atom. The van der Waals surface area contributed by atoms with Gasteiger partial charge in [0.25, 0.3) is 0 Å². The molecule has 0 unspecified atom stereocenters. The average Bonchev–Trinajstić information content (AvgIpc) is 2.79. The van der Waals surface area contributed by atoms with Gasteiger partial charge in [0.2, 0.25) is 15.9 Å². The van der Waals surface area contributed by atoms with Crippen LogP contribution in [0.5, 0.6) is 5.75 Å². The van der Waals surface area contributed by atoms with E-state index in [9.17, 15) is 18.3 Å². The van der Waals surface area contributed by atoms with Crippen molar-refractivity contribution in [2.24, 2.45) is 0 Å². The van der Waals surface area contributed by atoms with Crippen molar-refractivity contribution >= 4 is 15.9 Å². The first-order chi connectivity index (χ1) is 14.9. The lowest BCUT2D eigenvalue weighted by Gasteiger charge is -2.35. The van der Waals surface area contributed by atoms with E-state index in [0.717, 1.165) is 5.56 Å². The van der Waals surface area contributed by atoms with Crippen LogP contribution in [0.3, 0.4) is 0 Å². The van der Waals surface area contributed by atoms with Gasteiger partial charge in [-0.25, -0.2) is 13.1 Å². The maximum Gasteiger partial charge on any atom is 0.241 e. The summed E-state index contributed by atoms with van der Waals surface area (Å²) in [5, 5.41) is 12.6. The van der Waals surface area contributed by atoms with Gasteiger partial charge in [-0.15, -0.1) is 0 Å². The number of ether oxygens (including phenoxy) is 2. The first-order valence-electron chi connectivity index (χ1n) is 10.1. The molecule has 0 saturated carbocycles. The van der Waals surface area contributed by atoms with Gasteiger partial charge < -0.3 is 19.9 Å². The standard InChI is InChI=1S/C22H28N2O6S/c1-29-17-8-5-9-19(12-17)31(27,28)24-20-11-10-18(30-21(20)15-25)13-22(26)23-14-16-6-3-2-4-7-16/h2-9,12,18,20-21,24-25H,10-11,13-15H2,1H3,(H,23,26)/t18-,20+,21+/m0/s1. The van der Waals surface area contributed by atoms with Crippen LogP contribution in [0.15, 0.2) is 59.5 Å². The molecule has 3 N–H and O–H groups in total. The molecule has 1 aliphatic rings. The van der Waals surface area contributed by atoms with E-state index in [0.29, 0.717) is 25.1 Å². The van der Waals surface area contributed by atoms with Crippen molar-refractivity contribution in [3.8, 4) is 5.75 Å². The van der Waals surface area contributed by atoms with Gasteiger partial charge in [0.1, 0.15) is 5.75 Å². The quantitative estimate of drug-likeness (QED) is 0.537. The highest BCUT2D eigenvalue weighted by Crippen LogP contribution is 2.24. The maximum absolute atomic E-state index is 12.7. The van der Waals surface area contributed by atoms with Crippen LogP contribution in [0.25, 0.3) is 0 Å². The Hall–Kier alpha value is -2.46.